The fourth-order valence-corrected chi connectivity index (χ4v) is 3.12. The SMILES string of the molecule is CC[C@H]1O[C@@H](C)[C@@H](OC(C)=O)C1CCOCc1ccccc1. The molecular weight excluding hydrogens is 280 g/mol. The van der Waals surface area contributed by atoms with Crippen LogP contribution in [-0.2, 0) is 25.6 Å². The standard InChI is InChI=1S/C18H26O4/c1-4-17-16(18(13(2)21-17)22-14(3)19)10-11-20-12-15-8-6-5-7-9-15/h5-9,13,16-18H,4,10-12H2,1-3H3/t13-,16?,17+,18+/m0/s1. The van der Waals surface area contributed by atoms with E-state index in [1.165, 1.54) is 12.5 Å². The summed E-state index contributed by atoms with van der Waals surface area (Å²) in [6.45, 7) is 6.78. The molecule has 0 amide bonds. The zero-order chi connectivity index (χ0) is 15.9. The van der Waals surface area contributed by atoms with Crippen LogP contribution in [0.2, 0.25) is 0 Å². The van der Waals surface area contributed by atoms with Crippen LogP contribution in [-0.4, -0.2) is 30.9 Å². The number of carbonyl (C=O) groups excluding carboxylic acids is 1. The lowest BCUT2D eigenvalue weighted by Crippen LogP contribution is -2.32. The molecule has 0 radical (unpaired) electrons. The van der Waals surface area contributed by atoms with E-state index < -0.39 is 0 Å². The number of carbonyl (C=O) groups is 1. The van der Waals surface area contributed by atoms with Gasteiger partial charge in [0.05, 0.1) is 18.8 Å². The molecular formula is C18H26O4. The van der Waals surface area contributed by atoms with Gasteiger partial charge >= 0.3 is 5.97 Å². The Morgan fingerprint density at radius 1 is 1.27 bits per heavy atom. The van der Waals surface area contributed by atoms with Crippen molar-refractivity contribution < 1.29 is 19.0 Å². The predicted octanol–water partition coefficient (Wildman–Crippen LogP) is 3.34. The van der Waals surface area contributed by atoms with E-state index >= 15 is 0 Å². The summed E-state index contributed by atoms with van der Waals surface area (Å²) >= 11 is 0. The van der Waals surface area contributed by atoms with E-state index in [9.17, 15) is 4.79 Å². The molecule has 1 heterocycles. The van der Waals surface area contributed by atoms with E-state index in [4.69, 9.17) is 14.2 Å². The van der Waals surface area contributed by atoms with Crippen LogP contribution in [0.5, 0.6) is 0 Å². The van der Waals surface area contributed by atoms with Gasteiger partial charge < -0.3 is 14.2 Å². The molecule has 1 aliphatic rings. The second-order valence-electron chi connectivity index (χ2n) is 5.85. The van der Waals surface area contributed by atoms with Crippen molar-refractivity contribution in [2.24, 2.45) is 5.92 Å². The summed E-state index contributed by atoms with van der Waals surface area (Å²) in [6, 6.07) is 10.1. The van der Waals surface area contributed by atoms with Gasteiger partial charge in [-0.05, 0) is 25.3 Å². The minimum absolute atomic E-state index is 0.0482. The summed E-state index contributed by atoms with van der Waals surface area (Å²) < 4.78 is 17.2. The lowest BCUT2D eigenvalue weighted by molar-refractivity contribution is -0.150. The molecule has 0 bridgehead atoms. The Labute approximate surface area is 132 Å². The van der Waals surface area contributed by atoms with Crippen molar-refractivity contribution in [2.45, 2.75) is 58.5 Å². The molecule has 122 valence electrons. The molecule has 1 unspecified atom stereocenters. The Hall–Kier alpha value is -1.39. The molecule has 4 nitrogen and oxygen atoms in total. The second-order valence-corrected chi connectivity index (χ2v) is 5.85. The molecule has 1 saturated heterocycles. The van der Waals surface area contributed by atoms with E-state index in [2.05, 4.69) is 19.1 Å². The first-order valence-corrected chi connectivity index (χ1v) is 8.06. The Bertz CT molecular complexity index is 459. The Morgan fingerprint density at radius 2 is 2.00 bits per heavy atom. The van der Waals surface area contributed by atoms with Crippen molar-refractivity contribution in [2.75, 3.05) is 6.61 Å². The van der Waals surface area contributed by atoms with Gasteiger partial charge in [0, 0.05) is 19.4 Å². The molecule has 1 aromatic carbocycles. The highest BCUT2D eigenvalue weighted by Gasteiger charge is 2.43. The van der Waals surface area contributed by atoms with Crippen LogP contribution in [0.4, 0.5) is 0 Å². The molecule has 4 heteroatoms. The van der Waals surface area contributed by atoms with Crippen LogP contribution in [0, 0.1) is 5.92 Å². The molecule has 0 spiro atoms. The number of rotatable bonds is 7. The van der Waals surface area contributed by atoms with Gasteiger partial charge in [-0.25, -0.2) is 0 Å². The first kappa shape index (κ1) is 17.0. The zero-order valence-electron chi connectivity index (χ0n) is 13.7. The third kappa shape index (κ3) is 4.55. The maximum absolute atomic E-state index is 11.3. The summed E-state index contributed by atoms with van der Waals surface area (Å²) in [5.41, 5.74) is 1.17. The first-order chi connectivity index (χ1) is 10.6. The van der Waals surface area contributed by atoms with Crippen LogP contribution < -0.4 is 0 Å². The van der Waals surface area contributed by atoms with Gasteiger partial charge in [-0.2, -0.15) is 0 Å². The normalized spacial score (nSPS) is 27.8. The average molecular weight is 306 g/mol. The van der Waals surface area contributed by atoms with Gasteiger partial charge in [0.25, 0.3) is 0 Å². The van der Waals surface area contributed by atoms with Crippen molar-refractivity contribution in [3.8, 4) is 0 Å². The van der Waals surface area contributed by atoms with Crippen molar-refractivity contribution in [1.29, 1.82) is 0 Å². The van der Waals surface area contributed by atoms with Crippen LogP contribution in [0.25, 0.3) is 0 Å². The number of benzene rings is 1. The monoisotopic (exact) mass is 306 g/mol. The van der Waals surface area contributed by atoms with Gasteiger partial charge in [0.1, 0.15) is 6.10 Å². The van der Waals surface area contributed by atoms with Gasteiger partial charge in [-0.3, -0.25) is 4.79 Å². The van der Waals surface area contributed by atoms with E-state index in [1.807, 2.05) is 25.1 Å². The van der Waals surface area contributed by atoms with Crippen LogP contribution in [0.15, 0.2) is 30.3 Å². The largest absolute Gasteiger partial charge is 0.459 e. The molecule has 1 aliphatic heterocycles. The van der Waals surface area contributed by atoms with E-state index in [1.54, 1.807) is 0 Å². The molecule has 4 atom stereocenters. The van der Waals surface area contributed by atoms with Crippen molar-refractivity contribution in [3.63, 3.8) is 0 Å². The number of ether oxygens (including phenoxy) is 3. The summed E-state index contributed by atoms with van der Waals surface area (Å²) in [5.74, 6) is -0.0351. The molecule has 0 aliphatic carbocycles. The van der Waals surface area contributed by atoms with Crippen molar-refractivity contribution in [1.82, 2.24) is 0 Å². The quantitative estimate of drug-likeness (QED) is 0.572. The fraction of sp³-hybridized carbons (Fsp3) is 0.611. The summed E-state index contributed by atoms with van der Waals surface area (Å²) in [5, 5.41) is 0. The number of hydrogen-bond donors (Lipinski definition) is 0. The highest BCUT2D eigenvalue weighted by atomic mass is 16.6. The lowest BCUT2D eigenvalue weighted by atomic mass is 9.92. The number of esters is 1. The van der Waals surface area contributed by atoms with Gasteiger partial charge in [0.2, 0.25) is 0 Å². The van der Waals surface area contributed by atoms with E-state index in [0.29, 0.717) is 13.2 Å². The van der Waals surface area contributed by atoms with Crippen LogP contribution in [0.3, 0.4) is 0 Å². The van der Waals surface area contributed by atoms with Crippen LogP contribution >= 0.6 is 0 Å². The molecule has 0 aromatic heterocycles. The Morgan fingerprint density at radius 3 is 2.64 bits per heavy atom. The Kier molecular flexibility index (Phi) is 6.40. The van der Waals surface area contributed by atoms with Crippen LogP contribution in [0.1, 0.15) is 39.2 Å². The summed E-state index contributed by atoms with van der Waals surface area (Å²) in [7, 11) is 0. The fourth-order valence-electron chi connectivity index (χ4n) is 3.12. The molecule has 0 N–H and O–H groups in total. The highest BCUT2D eigenvalue weighted by molar-refractivity contribution is 5.66. The smallest absolute Gasteiger partial charge is 0.303 e. The number of hydrogen-bond acceptors (Lipinski definition) is 4. The third-order valence-electron chi connectivity index (χ3n) is 4.16. The summed E-state index contributed by atoms with van der Waals surface area (Å²) in [6.07, 6.45) is 1.69. The maximum atomic E-state index is 11.3. The highest BCUT2D eigenvalue weighted by Crippen LogP contribution is 2.33. The minimum atomic E-state index is -0.243. The molecule has 1 aromatic rings. The molecule has 22 heavy (non-hydrogen) atoms. The van der Waals surface area contributed by atoms with Gasteiger partial charge in [-0.1, -0.05) is 37.3 Å². The summed E-state index contributed by atoms with van der Waals surface area (Å²) in [4.78, 5) is 11.3. The maximum Gasteiger partial charge on any atom is 0.303 e. The van der Waals surface area contributed by atoms with E-state index in [0.717, 1.165) is 12.8 Å². The van der Waals surface area contributed by atoms with Gasteiger partial charge in [0.15, 0.2) is 0 Å². The zero-order valence-corrected chi connectivity index (χ0v) is 13.7. The lowest BCUT2D eigenvalue weighted by Gasteiger charge is -2.22. The average Bonchev–Trinajstić information content (AvgIpc) is 2.80. The van der Waals surface area contributed by atoms with Gasteiger partial charge in [-0.15, -0.1) is 0 Å². The Balaban J connectivity index is 1.83. The topological polar surface area (TPSA) is 44.8 Å². The predicted molar refractivity (Wildman–Crippen MR) is 84.4 cm³/mol. The van der Waals surface area contributed by atoms with Crippen molar-refractivity contribution in [3.05, 3.63) is 35.9 Å². The third-order valence-corrected chi connectivity index (χ3v) is 4.16. The van der Waals surface area contributed by atoms with Crippen molar-refractivity contribution >= 4 is 5.97 Å². The molecule has 2 rings (SSSR count). The molecule has 0 saturated carbocycles. The first-order valence-electron chi connectivity index (χ1n) is 8.06. The second kappa shape index (κ2) is 8.30. The molecule has 1 fully saturated rings. The minimum Gasteiger partial charge on any atom is -0.459 e. The van der Waals surface area contributed by atoms with E-state index in [-0.39, 0.29) is 30.2 Å².